The molecular weight excluding hydrogens is 458 g/mol. The van der Waals surface area contributed by atoms with E-state index >= 15 is 0 Å². The van der Waals surface area contributed by atoms with E-state index < -0.39 is 31.3 Å². The lowest BCUT2D eigenvalue weighted by Gasteiger charge is -2.43. The maximum atomic E-state index is 13.5. The van der Waals surface area contributed by atoms with E-state index in [4.69, 9.17) is 21.6 Å². The molecule has 34 heavy (non-hydrogen) atoms. The third-order valence-electron chi connectivity index (χ3n) is 6.27. The Kier molecular flexibility index (Phi) is 5.73. The quantitative estimate of drug-likeness (QED) is 0.625. The minimum atomic E-state index is -3.69. The number of rotatable bonds is 4. The highest BCUT2D eigenvalue weighted by molar-refractivity contribution is 7.94. The Bertz CT molecular complexity index is 1310. The van der Waals surface area contributed by atoms with Crippen LogP contribution in [0.3, 0.4) is 0 Å². The number of sulfone groups is 1. The first-order valence-corrected chi connectivity index (χ1v) is 12.1. The monoisotopic (exact) mass is 483 g/mol. The third-order valence-corrected chi connectivity index (χ3v) is 9.34. The molecule has 2 aliphatic rings. The smallest absolute Gasteiger partial charge is 0.275 e. The Morgan fingerprint density at radius 1 is 1.32 bits per heavy atom. The van der Waals surface area contributed by atoms with Gasteiger partial charge in [0.15, 0.2) is 16.4 Å². The fourth-order valence-corrected chi connectivity index (χ4v) is 6.39. The lowest BCUT2D eigenvalue weighted by Crippen LogP contribution is -2.59. The van der Waals surface area contributed by atoms with Crippen molar-refractivity contribution in [3.8, 4) is 24.0 Å². The predicted octanol–water partition coefficient (Wildman–Crippen LogP) is 1.67. The number of carbonyl (C=O) groups is 1. The van der Waals surface area contributed by atoms with E-state index in [0.29, 0.717) is 17.0 Å². The SMILES string of the molecule is C#CCOc1cnc(C(=O)Nc2ccc3c(c2)C2(C)N=C(N)C(C)(C)S(=O)(=O)C2CCO3)cn1. The molecule has 3 N–H and O–H groups in total. The van der Waals surface area contributed by atoms with Gasteiger partial charge >= 0.3 is 0 Å². The van der Waals surface area contributed by atoms with Crippen molar-refractivity contribution in [2.45, 2.75) is 42.7 Å². The molecule has 0 saturated heterocycles. The van der Waals surface area contributed by atoms with E-state index in [2.05, 4.69) is 26.2 Å². The Morgan fingerprint density at radius 3 is 2.76 bits per heavy atom. The number of terminal acetylenes is 1. The number of nitrogens with zero attached hydrogens (tertiary/aromatic N) is 3. The Labute approximate surface area is 197 Å². The lowest BCUT2D eigenvalue weighted by molar-refractivity contribution is 0.102. The molecule has 178 valence electrons. The molecule has 2 aliphatic heterocycles. The van der Waals surface area contributed by atoms with Crippen molar-refractivity contribution in [3.63, 3.8) is 0 Å². The van der Waals surface area contributed by atoms with Gasteiger partial charge in [0.2, 0.25) is 5.88 Å². The molecule has 3 heterocycles. The van der Waals surface area contributed by atoms with Gasteiger partial charge in [0.05, 0.1) is 24.3 Å². The molecule has 2 atom stereocenters. The zero-order valence-corrected chi connectivity index (χ0v) is 19.8. The van der Waals surface area contributed by atoms with Gasteiger partial charge in [0, 0.05) is 17.7 Å². The molecular formula is C23H25N5O5S. The minimum absolute atomic E-state index is 0.0379. The molecule has 0 saturated carbocycles. The summed E-state index contributed by atoms with van der Waals surface area (Å²) in [5, 5.41) is 1.92. The van der Waals surface area contributed by atoms with Crippen LogP contribution in [0.15, 0.2) is 35.6 Å². The van der Waals surface area contributed by atoms with E-state index in [1.165, 1.54) is 12.4 Å². The number of nitrogens with one attached hydrogen (secondary N) is 1. The summed E-state index contributed by atoms with van der Waals surface area (Å²) in [6.45, 7) is 5.11. The number of ether oxygens (including phenoxy) is 2. The Morgan fingerprint density at radius 2 is 2.09 bits per heavy atom. The van der Waals surface area contributed by atoms with Crippen molar-refractivity contribution in [2.24, 2.45) is 10.7 Å². The average Bonchev–Trinajstić information content (AvgIpc) is 2.94. The van der Waals surface area contributed by atoms with Crippen molar-refractivity contribution in [1.82, 2.24) is 9.97 Å². The molecule has 0 aliphatic carbocycles. The molecule has 2 aromatic rings. The highest BCUT2D eigenvalue weighted by Crippen LogP contribution is 2.48. The summed E-state index contributed by atoms with van der Waals surface area (Å²) in [4.78, 5) is 25.4. The van der Waals surface area contributed by atoms with Gasteiger partial charge in [-0.05, 0) is 39.0 Å². The first-order chi connectivity index (χ1) is 16.0. The molecule has 2 unspecified atom stereocenters. The van der Waals surface area contributed by atoms with Crippen molar-refractivity contribution >= 4 is 27.3 Å². The number of hydrogen-bond donors (Lipinski definition) is 2. The number of aliphatic imine (C=N–C) groups is 1. The molecule has 1 aromatic heterocycles. The van der Waals surface area contributed by atoms with E-state index in [0.717, 1.165) is 0 Å². The van der Waals surface area contributed by atoms with Crippen LogP contribution in [0.4, 0.5) is 5.69 Å². The minimum Gasteiger partial charge on any atom is -0.493 e. The first kappa shape index (κ1) is 23.5. The van der Waals surface area contributed by atoms with Gasteiger partial charge in [-0.3, -0.25) is 9.79 Å². The van der Waals surface area contributed by atoms with Gasteiger partial charge in [0.1, 0.15) is 27.6 Å². The maximum Gasteiger partial charge on any atom is 0.275 e. The number of amides is 1. The van der Waals surface area contributed by atoms with Crippen LogP contribution in [-0.2, 0) is 15.4 Å². The molecule has 10 nitrogen and oxygen atoms in total. The summed E-state index contributed by atoms with van der Waals surface area (Å²) in [6.07, 6.45) is 7.97. The van der Waals surface area contributed by atoms with Crippen molar-refractivity contribution < 1.29 is 22.7 Å². The van der Waals surface area contributed by atoms with Crippen LogP contribution >= 0.6 is 0 Å². The normalized spacial score (nSPS) is 24.2. The number of anilines is 1. The van der Waals surface area contributed by atoms with Gasteiger partial charge in [0.25, 0.3) is 5.91 Å². The third kappa shape index (κ3) is 3.74. The van der Waals surface area contributed by atoms with Crippen molar-refractivity contribution in [3.05, 3.63) is 41.9 Å². The number of amidine groups is 1. The lowest BCUT2D eigenvalue weighted by atomic mass is 9.86. The predicted molar refractivity (Wildman–Crippen MR) is 127 cm³/mol. The highest BCUT2D eigenvalue weighted by Gasteiger charge is 2.57. The van der Waals surface area contributed by atoms with Crippen LogP contribution in [0, 0.1) is 12.3 Å². The second-order valence-electron chi connectivity index (χ2n) is 8.72. The number of carbonyl (C=O) groups excluding carboxylic acids is 1. The fourth-order valence-electron chi connectivity index (χ4n) is 4.15. The Balaban J connectivity index is 1.68. The summed E-state index contributed by atoms with van der Waals surface area (Å²) >= 11 is 0. The van der Waals surface area contributed by atoms with Crippen LogP contribution in [0.1, 0.15) is 43.2 Å². The highest BCUT2D eigenvalue weighted by atomic mass is 32.2. The van der Waals surface area contributed by atoms with Crippen LogP contribution < -0.4 is 20.5 Å². The van der Waals surface area contributed by atoms with Gasteiger partial charge < -0.3 is 20.5 Å². The summed E-state index contributed by atoms with van der Waals surface area (Å²) in [7, 11) is -3.69. The summed E-state index contributed by atoms with van der Waals surface area (Å²) in [5.74, 6) is 2.54. The van der Waals surface area contributed by atoms with Crippen LogP contribution in [-0.4, -0.2) is 53.3 Å². The largest absolute Gasteiger partial charge is 0.493 e. The van der Waals surface area contributed by atoms with Gasteiger partial charge in [-0.1, -0.05) is 5.92 Å². The van der Waals surface area contributed by atoms with Crippen molar-refractivity contribution in [1.29, 1.82) is 0 Å². The average molecular weight is 484 g/mol. The van der Waals surface area contributed by atoms with Crippen LogP contribution in [0.2, 0.25) is 0 Å². The summed E-state index contributed by atoms with van der Waals surface area (Å²) < 4.78 is 36.7. The number of benzene rings is 1. The molecule has 0 bridgehead atoms. The maximum absolute atomic E-state index is 13.5. The topological polar surface area (TPSA) is 146 Å². The van der Waals surface area contributed by atoms with E-state index in [1.54, 1.807) is 39.0 Å². The Hall–Kier alpha value is -3.65. The molecule has 1 amide bonds. The number of aromatic nitrogens is 2. The zero-order chi connectivity index (χ0) is 24.7. The van der Waals surface area contributed by atoms with E-state index in [9.17, 15) is 13.2 Å². The summed E-state index contributed by atoms with van der Waals surface area (Å²) in [5.41, 5.74) is 5.98. The summed E-state index contributed by atoms with van der Waals surface area (Å²) in [6, 6.07) is 5.00. The second-order valence-corrected chi connectivity index (χ2v) is 11.4. The molecule has 11 heteroatoms. The number of fused-ring (bicyclic) bond motifs is 3. The van der Waals surface area contributed by atoms with Gasteiger partial charge in [-0.2, -0.15) is 0 Å². The molecule has 0 radical (unpaired) electrons. The first-order valence-electron chi connectivity index (χ1n) is 10.6. The van der Waals surface area contributed by atoms with E-state index in [1.807, 2.05) is 0 Å². The van der Waals surface area contributed by atoms with Gasteiger partial charge in [-0.25, -0.2) is 18.4 Å². The second kappa shape index (κ2) is 8.29. The van der Waals surface area contributed by atoms with E-state index in [-0.39, 0.29) is 37.0 Å². The molecule has 0 fully saturated rings. The van der Waals surface area contributed by atoms with Crippen molar-refractivity contribution in [2.75, 3.05) is 18.5 Å². The van der Waals surface area contributed by atoms with Crippen LogP contribution in [0.5, 0.6) is 11.6 Å². The van der Waals surface area contributed by atoms with Gasteiger partial charge in [-0.15, -0.1) is 6.42 Å². The standard InChI is InChI=1S/C23H25N5O5S/c1-5-9-33-19-13-25-16(12-26-19)20(29)27-14-6-7-17-15(11-14)23(4)18(8-10-32-17)34(30,31)22(2,3)21(24)28-23/h1,6-7,11-13,18H,8-10H2,2-4H3,(H2,24,28)(H,27,29). The molecule has 4 rings (SSSR count). The molecule has 1 aromatic carbocycles. The number of nitrogens with two attached hydrogens (primary N) is 1. The molecule has 0 spiro atoms. The number of hydrogen-bond acceptors (Lipinski definition) is 9. The van der Waals surface area contributed by atoms with Crippen LogP contribution in [0.25, 0.3) is 0 Å². The zero-order valence-electron chi connectivity index (χ0n) is 19.0. The fraction of sp³-hybridized carbons (Fsp3) is 0.391.